The maximum Gasteiger partial charge on any atom is 0.137 e. The van der Waals surface area contributed by atoms with Crippen LogP contribution in [0.25, 0.3) is 38.8 Å². The van der Waals surface area contributed by atoms with Crippen LogP contribution in [0.3, 0.4) is 0 Å². The molecule has 0 aliphatic carbocycles. The third kappa shape index (κ3) is 9.71. The van der Waals surface area contributed by atoms with Gasteiger partial charge in [-0.3, -0.25) is 4.57 Å². The van der Waals surface area contributed by atoms with Gasteiger partial charge in [0.15, 0.2) is 0 Å². The lowest BCUT2D eigenvalue weighted by Crippen LogP contribution is -2.25. The molecule has 0 atom stereocenters. The van der Waals surface area contributed by atoms with Gasteiger partial charge in [-0.2, -0.15) is 0 Å². The standard InChI is InChI=1S/C72H74N4O/c1-68(2,3)52-29-33-63-62(42-52)61-32-31-59(46-65(61)76(63)67-44-54(35-36-73-67)72(12,13)51-27-21-16-22-28-51)77-60-41-56(70(7,8)9)40-58(45-60)74-47-75(57-38-49(48-23-17-14-18-24-48)37-55(39-57)69(4,5)6)66-43-53(30-34-64(66)74)71(10,11)50-25-19-15-20-26-50/h14-46H,47H2,1-13H3. The SMILES string of the molecule is CC(C)(C)c1cc(Oc2ccc3c4cc(C(C)(C)C)ccc4n(-c4cc(C(C)(C)c5ccccc5)ccn4)c3c2)cc(N2CN(c3cc(-c4ccccc4)cc(C(C)(C)C)c3)c3cc(C(C)(C)c4ccccc4)ccc32)c1. The van der Waals surface area contributed by atoms with Crippen molar-refractivity contribution in [2.45, 2.75) is 117 Å². The number of aromatic nitrogens is 2. The fourth-order valence-corrected chi connectivity index (χ4v) is 11.2. The van der Waals surface area contributed by atoms with E-state index in [1.165, 1.54) is 66.8 Å². The summed E-state index contributed by atoms with van der Waals surface area (Å²) in [5.74, 6) is 2.43. The summed E-state index contributed by atoms with van der Waals surface area (Å²) in [5.41, 5.74) is 17.2. The van der Waals surface area contributed by atoms with Crippen molar-refractivity contribution < 1.29 is 4.74 Å². The highest BCUT2D eigenvalue weighted by Gasteiger charge is 2.34. The molecule has 2 aromatic heterocycles. The van der Waals surface area contributed by atoms with Gasteiger partial charge >= 0.3 is 0 Å². The number of fused-ring (bicyclic) bond motifs is 4. The van der Waals surface area contributed by atoms with Crippen molar-refractivity contribution in [2.75, 3.05) is 16.5 Å². The molecule has 5 nitrogen and oxygen atoms in total. The van der Waals surface area contributed by atoms with E-state index in [1.54, 1.807) is 0 Å². The minimum atomic E-state index is -0.239. The van der Waals surface area contributed by atoms with E-state index in [0.29, 0.717) is 6.67 Å². The molecule has 5 heteroatoms. The lowest BCUT2D eigenvalue weighted by atomic mass is 9.78. The summed E-state index contributed by atoms with van der Waals surface area (Å²) in [4.78, 5) is 10.1. The highest BCUT2D eigenvalue weighted by atomic mass is 16.5. The number of nitrogens with zero attached hydrogens (tertiary/aromatic N) is 4. The molecule has 3 heterocycles. The summed E-state index contributed by atoms with van der Waals surface area (Å²) in [5, 5.41) is 2.36. The molecule has 388 valence electrons. The molecule has 0 fully saturated rings. The van der Waals surface area contributed by atoms with Crippen molar-refractivity contribution in [3.05, 3.63) is 239 Å². The zero-order valence-corrected chi connectivity index (χ0v) is 47.5. The zero-order valence-electron chi connectivity index (χ0n) is 47.5. The predicted molar refractivity (Wildman–Crippen MR) is 326 cm³/mol. The van der Waals surface area contributed by atoms with E-state index in [-0.39, 0.29) is 27.1 Å². The molecule has 0 unspecified atom stereocenters. The largest absolute Gasteiger partial charge is 0.457 e. The second-order valence-corrected chi connectivity index (χ2v) is 25.5. The van der Waals surface area contributed by atoms with Gasteiger partial charge in [-0.05, 0) is 139 Å². The molecule has 8 aromatic carbocycles. The van der Waals surface area contributed by atoms with Crippen molar-refractivity contribution in [3.8, 4) is 28.4 Å². The predicted octanol–water partition coefficient (Wildman–Crippen LogP) is 19.4. The van der Waals surface area contributed by atoms with E-state index >= 15 is 0 Å². The third-order valence-electron chi connectivity index (χ3n) is 16.4. The lowest BCUT2D eigenvalue weighted by Gasteiger charge is -2.28. The fraction of sp³-hybridized carbons (Fsp3) is 0.264. The third-order valence-corrected chi connectivity index (χ3v) is 16.4. The molecule has 77 heavy (non-hydrogen) atoms. The van der Waals surface area contributed by atoms with Crippen LogP contribution >= 0.6 is 0 Å². The maximum atomic E-state index is 7.18. The Kier molecular flexibility index (Phi) is 12.6. The first-order chi connectivity index (χ1) is 36.5. The van der Waals surface area contributed by atoms with Crippen molar-refractivity contribution in [2.24, 2.45) is 0 Å². The van der Waals surface area contributed by atoms with Gasteiger partial charge < -0.3 is 14.5 Å². The summed E-state index contributed by atoms with van der Waals surface area (Å²) < 4.78 is 9.51. The summed E-state index contributed by atoms with van der Waals surface area (Å²) in [6.45, 7) is 30.5. The van der Waals surface area contributed by atoms with Crippen molar-refractivity contribution in [3.63, 3.8) is 0 Å². The maximum absolute atomic E-state index is 7.18. The van der Waals surface area contributed by atoms with Crippen LogP contribution in [0, 0.1) is 0 Å². The monoisotopic (exact) mass is 1010 g/mol. The summed E-state index contributed by atoms with van der Waals surface area (Å²) >= 11 is 0. The Balaban J connectivity index is 1.04. The van der Waals surface area contributed by atoms with E-state index in [1.807, 2.05) is 6.20 Å². The van der Waals surface area contributed by atoms with Gasteiger partial charge in [0.25, 0.3) is 0 Å². The number of hydrogen-bond acceptors (Lipinski definition) is 4. The molecule has 0 bridgehead atoms. The Morgan fingerprint density at radius 2 is 0.922 bits per heavy atom. The van der Waals surface area contributed by atoms with Crippen molar-refractivity contribution >= 4 is 44.6 Å². The number of rotatable bonds is 10. The molecule has 0 radical (unpaired) electrons. The van der Waals surface area contributed by atoms with Crippen LogP contribution in [0.15, 0.2) is 200 Å². The highest BCUT2D eigenvalue weighted by molar-refractivity contribution is 6.10. The molecule has 0 N–H and O–H groups in total. The van der Waals surface area contributed by atoms with Gasteiger partial charge in [-0.1, -0.05) is 199 Å². The van der Waals surface area contributed by atoms with Crippen LogP contribution in [0.4, 0.5) is 22.7 Å². The quantitative estimate of drug-likeness (QED) is 0.137. The minimum Gasteiger partial charge on any atom is -0.457 e. The van der Waals surface area contributed by atoms with Crippen LogP contribution in [0.1, 0.15) is 129 Å². The summed E-state index contributed by atoms with van der Waals surface area (Å²) in [6, 6.07) is 71.5. The van der Waals surface area contributed by atoms with Crippen LogP contribution in [0.2, 0.25) is 0 Å². The molecule has 11 rings (SSSR count). The molecule has 0 saturated carbocycles. The first-order valence-corrected chi connectivity index (χ1v) is 27.4. The molecular weight excluding hydrogens is 937 g/mol. The van der Waals surface area contributed by atoms with Gasteiger partial charge in [0.2, 0.25) is 0 Å². The normalized spacial score (nSPS) is 13.4. The van der Waals surface area contributed by atoms with E-state index in [0.717, 1.165) is 45.1 Å². The van der Waals surface area contributed by atoms with Gasteiger partial charge in [0, 0.05) is 51.3 Å². The second-order valence-electron chi connectivity index (χ2n) is 25.5. The van der Waals surface area contributed by atoms with E-state index in [2.05, 4.69) is 298 Å². The number of anilines is 4. The van der Waals surface area contributed by atoms with Crippen molar-refractivity contribution in [1.29, 1.82) is 0 Å². The number of ether oxygens (including phenoxy) is 1. The van der Waals surface area contributed by atoms with Gasteiger partial charge in [-0.25, -0.2) is 4.98 Å². The smallest absolute Gasteiger partial charge is 0.137 e. The Bertz CT molecular complexity index is 3810. The molecule has 1 aliphatic heterocycles. The van der Waals surface area contributed by atoms with E-state index in [4.69, 9.17) is 9.72 Å². The summed E-state index contributed by atoms with van der Waals surface area (Å²) in [7, 11) is 0. The number of pyridine rings is 1. The van der Waals surface area contributed by atoms with Crippen LogP contribution in [-0.2, 0) is 27.1 Å². The molecule has 0 saturated heterocycles. The molecule has 0 spiro atoms. The minimum absolute atomic E-state index is 0.0190. The molecule has 0 amide bonds. The first kappa shape index (κ1) is 51.2. The van der Waals surface area contributed by atoms with E-state index < -0.39 is 0 Å². The second kappa shape index (κ2) is 19.0. The Labute approximate surface area is 457 Å². The average Bonchev–Trinajstić information content (AvgIpc) is 3.98. The lowest BCUT2D eigenvalue weighted by molar-refractivity contribution is 0.479. The average molecular weight is 1010 g/mol. The van der Waals surface area contributed by atoms with Crippen molar-refractivity contribution in [1.82, 2.24) is 9.55 Å². The van der Waals surface area contributed by atoms with Gasteiger partial charge in [-0.15, -0.1) is 0 Å². The number of benzene rings is 8. The topological polar surface area (TPSA) is 33.5 Å². The van der Waals surface area contributed by atoms with Crippen LogP contribution < -0.4 is 14.5 Å². The van der Waals surface area contributed by atoms with Crippen LogP contribution in [-0.4, -0.2) is 16.2 Å². The Morgan fingerprint density at radius 3 is 1.55 bits per heavy atom. The van der Waals surface area contributed by atoms with E-state index in [9.17, 15) is 0 Å². The first-order valence-electron chi connectivity index (χ1n) is 27.4. The van der Waals surface area contributed by atoms with Gasteiger partial charge in [0.05, 0.1) is 22.4 Å². The Morgan fingerprint density at radius 1 is 0.364 bits per heavy atom. The molecule has 1 aliphatic rings. The fourth-order valence-electron chi connectivity index (χ4n) is 11.2. The summed E-state index contributed by atoms with van der Waals surface area (Å²) in [6.07, 6.45) is 1.96. The van der Waals surface area contributed by atoms with Gasteiger partial charge in [0.1, 0.15) is 24.0 Å². The zero-order chi connectivity index (χ0) is 54.2. The highest BCUT2D eigenvalue weighted by Crippen LogP contribution is 2.50. The molecular formula is C72H74N4O. The number of hydrogen-bond donors (Lipinski definition) is 0. The molecule has 10 aromatic rings. The van der Waals surface area contributed by atoms with Crippen LogP contribution in [0.5, 0.6) is 11.5 Å². The Hall–Kier alpha value is -7.89.